The van der Waals surface area contributed by atoms with Crippen molar-refractivity contribution in [3.63, 3.8) is 0 Å². The molecule has 3 nitrogen and oxygen atoms in total. The van der Waals surface area contributed by atoms with E-state index in [1.54, 1.807) is 42.6 Å². The van der Waals surface area contributed by atoms with Gasteiger partial charge >= 0.3 is 0 Å². The maximum absolute atomic E-state index is 9.11. The topological polar surface area (TPSA) is 44.6 Å². The van der Waals surface area contributed by atoms with E-state index in [0.717, 1.165) is 5.69 Å². The zero-order valence-corrected chi connectivity index (χ0v) is 8.64. The molecule has 0 spiro atoms. The number of hydrogen-bond acceptors (Lipinski definition) is 3. The molecule has 0 heterocycles. The predicted octanol–water partition coefficient (Wildman–Crippen LogP) is 2.92. The maximum Gasteiger partial charge on any atom is 0.129 e. The highest BCUT2D eigenvalue weighted by Crippen LogP contribution is 2.15. The number of nitrogens with one attached hydrogen (secondary N) is 1. The van der Waals surface area contributed by atoms with Crippen molar-refractivity contribution in [3.05, 3.63) is 48.8 Å². The summed E-state index contributed by atoms with van der Waals surface area (Å²) in [6.45, 7) is 5.45. The number of benzene rings is 1. The standard InChI is InChI=1S/C12H14N2O/c1-3-5-12(13-4-2)14-10-6-8-11(15)9-7-10/h3-9,14-15H,1H2,2H3/b12-5+,13-4-. The molecule has 0 saturated heterocycles. The molecule has 3 heteroatoms. The molecule has 0 bridgehead atoms. The van der Waals surface area contributed by atoms with E-state index in [9.17, 15) is 0 Å². The van der Waals surface area contributed by atoms with Gasteiger partial charge in [0.1, 0.15) is 11.6 Å². The number of hydrogen-bond donors (Lipinski definition) is 2. The number of rotatable bonds is 4. The number of aromatic hydroxyl groups is 1. The molecule has 78 valence electrons. The van der Waals surface area contributed by atoms with Crippen LogP contribution in [0.15, 0.2) is 53.8 Å². The Hall–Kier alpha value is -2.03. The Bertz CT molecular complexity index is 377. The molecule has 0 fully saturated rings. The number of anilines is 1. The van der Waals surface area contributed by atoms with Crippen LogP contribution in [0.2, 0.25) is 0 Å². The summed E-state index contributed by atoms with van der Waals surface area (Å²) in [6, 6.07) is 6.78. The number of phenolic OH excluding ortho intramolecular Hbond substituents is 1. The fraction of sp³-hybridized carbons (Fsp3) is 0.0833. The molecule has 1 aromatic rings. The second-order valence-electron chi connectivity index (χ2n) is 2.85. The molecule has 0 aromatic heterocycles. The molecule has 0 atom stereocenters. The third-order valence-corrected chi connectivity index (χ3v) is 1.68. The van der Waals surface area contributed by atoms with E-state index in [4.69, 9.17) is 5.11 Å². The first-order chi connectivity index (χ1) is 7.26. The molecule has 0 amide bonds. The van der Waals surface area contributed by atoms with Gasteiger partial charge in [0.05, 0.1) is 0 Å². The van der Waals surface area contributed by atoms with E-state index >= 15 is 0 Å². The fourth-order valence-electron chi connectivity index (χ4n) is 1.06. The first-order valence-corrected chi connectivity index (χ1v) is 4.63. The van der Waals surface area contributed by atoms with Crippen molar-refractivity contribution in [2.75, 3.05) is 5.32 Å². The van der Waals surface area contributed by atoms with E-state index in [2.05, 4.69) is 16.9 Å². The van der Waals surface area contributed by atoms with Gasteiger partial charge in [-0.2, -0.15) is 0 Å². The second kappa shape index (κ2) is 5.65. The minimum absolute atomic E-state index is 0.244. The Morgan fingerprint density at radius 1 is 1.40 bits per heavy atom. The van der Waals surface area contributed by atoms with E-state index in [-0.39, 0.29) is 5.75 Å². The van der Waals surface area contributed by atoms with Crippen LogP contribution in [0.5, 0.6) is 5.75 Å². The van der Waals surface area contributed by atoms with Crippen LogP contribution in [-0.2, 0) is 0 Å². The fourth-order valence-corrected chi connectivity index (χ4v) is 1.06. The molecule has 1 rings (SSSR count). The summed E-state index contributed by atoms with van der Waals surface area (Å²) < 4.78 is 0. The van der Waals surface area contributed by atoms with Gasteiger partial charge in [0.15, 0.2) is 0 Å². The van der Waals surface area contributed by atoms with Crippen LogP contribution in [0.25, 0.3) is 0 Å². The molecular formula is C12H14N2O. The van der Waals surface area contributed by atoms with Gasteiger partial charge in [-0.15, -0.1) is 0 Å². The van der Waals surface area contributed by atoms with Crippen molar-refractivity contribution >= 4 is 11.9 Å². The van der Waals surface area contributed by atoms with Crippen LogP contribution in [0, 0.1) is 0 Å². The quantitative estimate of drug-likeness (QED) is 0.448. The van der Waals surface area contributed by atoms with Crippen molar-refractivity contribution < 1.29 is 5.11 Å². The van der Waals surface area contributed by atoms with Crippen molar-refractivity contribution in [2.45, 2.75) is 6.92 Å². The molecule has 2 N–H and O–H groups in total. The normalized spacial score (nSPS) is 11.7. The summed E-state index contributed by atoms with van der Waals surface area (Å²) in [7, 11) is 0. The summed E-state index contributed by atoms with van der Waals surface area (Å²) in [5.41, 5.74) is 0.867. The number of aliphatic imine (C=N–C) groups is 1. The van der Waals surface area contributed by atoms with Crippen LogP contribution in [0.3, 0.4) is 0 Å². The van der Waals surface area contributed by atoms with E-state index < -0.39 is 0 Å². The molecule has 0 saturated carbocycles. The van der Waals surface area contributed by atoms with Crippen LogP contribution in [0.4, 0.5) is 5.69 Å². The molecular weight excluding hydrogens is 188 g/mol. The van der Waals surface area contributed by atoms with Crippen LogP contribution < -0.4 is 5.32 Å². The highest BCUT2D eigenvalue weighted by Gasteiger charge is 1.94. The summed E-state index contributed by atoms with van der Waals surface area (Å²) in [4.78, 5) is 4.12. The monoisotopic (exact) mass is 202 g/mol. The number of phenols is 1. The van der Waals surface area contributed by atoms with Crippen molar-refractivity contribution in [2.24, 2.45) is 4.99 Å². The van der Waals surface area contributed by atoms with Gasteiger partial charge in [-0.3, -0.25) is 0 Å². The van der Waals surface area contributed by atoms with E-state index in [1.807, 2.05) is 6.92 Å². The Labute approximate surface area is 89.5 Å². The van der Waals surface area contributed by atoms with Crippen LogP contribution in [-0.4, -0.2) is 11.3 Å². The molecule has 0 unspecified atom stereocenters. The minimum Gasteiger partial charge on any atom is -0.508 e. The SMILES string of the molecule is C=C/C=C(\N=C/C)Nc1ccc(O)cc1. The summed E-state index contributed by atoms with van der Waals surface area (Å²) in [6.07, 6.45) is 5.13. The van der Waals surface area contributed by atoms with Gasteiger partial charge < -0.3 is 10.4 Å². The van der Waals surface area contributed by atoms with Gasteiger partial charge in [-0.05, 0) is 37.3 Å². The van der Waals surface area contributed by atoms with Gasteiger partial charge in [0.2, 0.25) is 0 Å². The molecule has 0 radical (unpaired) electrons. The largest absolute Gasteiger partial charge is 0.508 e. The lowest BCUT2D eigenvalue weighted by molar-refractivity contribution is 0.475. The molecule has 0 aliphatic carbocycles. The predicted molar refractivity (Wildman–Crippen MR) is 64.2 cm³/mol. The lowest BCUT2D eigenvalue weighted by Gasteiger charge is -2.05. The van der Waals surface area contributed by atoms with Gasteiger partial charge in [0, 0.05) is 11.9 Å². The van der Waals surface area contributed by atoms with Gasteiger partial charge in [-0.25, -0.2) is 4.99 Å². The van der Waals surface area contributed by atoms with E-state index in [1.165, 1.54) is 0 Å². The molecule has 0 aliphatic heterocycles. The number of allylic oxidation sites excluding steroid dienone is 2. The summed E-state index contributed by atoms with van der Waals surface area (Å²) in [5.74, 6) is 0.951. The molecule has 15 heavy (non-hydrogen) atoms. The zero-order chi connectivity index (χ0) is 11.1. The average molecular weight is 202 g/mol. The van der Waals surface area contributed by atoms with Crippen molar-refractivity contribution in [1.82, 2.24) is 0 Å². The Morgan fingerprint density at radius 3 is 2.60 bits per heavy atom. The lowest BCUT2D eigenvalue weighted by Crippen LogP contribution is -1.96. The smallest absolute Gasteiger partial charge is 0.129 e. The Morgan fingerprint density at radius 2 is 2.07 bits per heavy atom. The summed E-state index contributed by atoms with van der Waals surface area (Å²) >= 11 is 0. The minimum atomic E-state index is 0.244. The lowest BCUT2D eigenvalue weighted by atomic mass is 10.3. The van der Waals surface area contributed by atoms with Crippen LogP contribution in [0.1, 0.15) is 6.92 Å². The van der Waals surface area contributed by atoms with Gasteiger partial charge in [-0.1, -0.05) is 12.7 Å². The Balaban J connectivity index is 2.78. The van der Waals surface area contributed by atoms with Crippen molar-refractivity contribution in [3.8, 4) is 5.75 Å². The molecule has 1 aromatic carbocycles. The molecule has 0 aliphatic rings. The summed E-state index contributed by atoms with van der Waals surface area (Å²) in [5, 5.41) is 12.2. The Kier molecular flexibility index (Phi) is 4.16. The number of nitrogens with zero attached hydrogens (tertiary/aromatic N) is 1. The first-order valence-electron chi connectivity index (χ1n) is 4.63. The van der Waals surface area contributed by atoms with Crippen LogP contribution >= 0.6 is 0 Å². The highest BCUT2D eigenvalue weighted by molar-refractivity contribution is 5.58. The average Bonchev–Trinajstić information content (AvgIpc) is 2.22. The van der Waals surface area contributed by atoms with E-state index in [0.29, 0.717) is 5.82 Å². The highest BCUT2D eigenvalue weighted by atomic mass is 16.3. The first kappa shape index (κ1) is 11.0. The second-order valence-corrected chi connectivity index (χ2v) is 2.85. The maximum atomic E-state index is 9.11. The third kappa shape index (κ3) is 3.68. The van der Waals surface area contributed by atoms with Gasteiger partial charge in [0.25, 0.3) is 0 Å². The zero-order valence-electron chi connectivity index (χ0n) is 8.64. The third-order valence-electron chi connectivity index (χ3n) is 1.68. The van der Waals surface area contributed by atoms with Crippen molar-refractivity contribution in [1.29, 1.82) is 0 Å².